The predicted octanol–water partition coefficient (Wildman–Crippen LogP) is 3.91. The van der Waals surface area contributed by atoms with E-state index in [0.717, 1.165) is 6.42 Å². The van der Waals surface area contributed by atoms with E-state index < -0.39 is 6.35 Å². The maximum atomic E-state index is 5.29. The molecule has 0 radical (unpaired) electrons. The highest BCUT2D eigenvalue weighted by Gasteiger charge is 1.95. The molecule has 0 amide bonds. The van der Waals surface area contributed by atoms with Crippen LogP contribution in [0.2, 0.25) is 0 Å². The van der Waals surface area contributed by atoms with Crippen LogP contribution in [0.5, 0.6) is 0 Å². The van der Waals surface area contributed by atoms with E-state index >= 15 is 0 Å². The van der Waals surface area contributed by atoms with Gasteiger partial charge in [-0.15, -0.1) is 0 Å². The highest BCUT2D eigenvalue weighted by Crippen LogP contribution is 2.11. The Labute approximate surface area is 114 Å². The fourth-order valence-electron chi connectivity index (χ4n) is 2.16. The van der Waals surface area contributed by atoms with Crippen molar-refractivity contribution in [2.45, 2.75) is 90.3 Å². The number of unbranched alkanes of at least 4 members (excludes halogenated alkanes) is 11. The summed E-state index contributed by atoms with van der Waals surface area (Å²) < 4.78 is 5.09. The smallest absolute Gasteiger partial charge is 0.158 e. The Morgan fingerprint density at radius 3 is 1.44 bits per heavy atom. The van der Waals surface area contributed by atoms with Crippen LogP contribution in [0.15, 0.2) is 0 Å². The number of rotatable bonds is 14. The number of hydrogen-bond acceptors (Lipinski definition) is 3. The van der Waals surface area contributed by atoms with Crippen molar-refractivity contribution in [3.63, 3.8) is 0 Å². The first-order valence-electron chi connectivity index (χ1n) is 7.90. The SMILES string of the molecule is CCCCCCCCCCCCCCOC(N)N. The van der Waals surface area contributed by atoms with Crippen LogP contribution in [0, 0.1) is 0 Å². The van der Waals surface area contributed by atoms with Gasteiger partial charge in [-0.25, -0.2) is 0 Å². The minimum atomic E-state index is -0.599. The van der Waals surface area contributed by atoms with Crippen molar-refractivity contribution in [2.24, 2.45) is 11.5 Å². The molecule has 0 aliphatic rings. The van der Waals surface area contributed by atoms with Crippen molar-refractivity contribution in [1.29, 1.82) is 0 Å². The van der Waals surface area contributed by atoms with E-state index in [9.17, 15) is 0 Å². The largest absolute Gasteiger partial charge is 0.350 e. The average Bonchev–Trinajstić information content (AvgIpc) is 2.34. The van der Waals surface area contributed by atoms with Crippen LogP contribution >= 0.6 is 0 Å². The molecule has 18 heavy (non-hydrogen) atoms. The molecule has 0 saturated heterocycles. The summed E-state index contributed by atoms with van der Waals surface area (Å²) in [4.78, 5) is 0. The molecule has 110 valence electrons. The first-order valence-corrected chi connectivity index (χ1v) is 7.90. The van der Waals surface area contributed by atoms with Gasteiger partial charge in [0.25, 0.3) is 0 Å². The van der Waals surface area contributed by atoms with E-state index in [4.69, 9.17) is 16.2 Å². The fraction of sp³-hybridized carbons (Fsp3) is 1.00. The topological polar surface area (TPSA) is 61.3 Å². The minimum Gasteiger partial charge on any atom is -0.350 e. The highest BCUT2D eigenvalue weighted by atomic mass is 16.5. The minimum absolute atomic E-state index is 0.599. The van der Waals surface area contributed by atoms with E-state index in [0.29, 0.717) is 6.61 Å². The van der Waals surface area contributed by atoms with Crippen LogP contribution in [0.25, 0.3) is 0 Å². The molecular formula is C15H34N2O. The van der Waals surface area contributed by atoms with Crippen LogP contribution in [0.3, 0.4) is 0 Å². The maximum absolute atomic E-state index is 5.29. The first kappa shape index (κ1) is 17.9. The summed E-state index contributed by atoms with van der Waals surface area (Å²) in [5.41, 5.74) is 10.6. The van der Waals surface area contributed by atoms with E-state index in [1.807, 2.05) is 0 Å². The maximum Gasteiger partial charge on any atom is 0.158 e. The third kappa shape index (κ3) is 15.9. The van der Waals surface area contributed by atoms with Crippen LogP contribution in [-0.4, -0.2) is 13.0 Å². The molecule has 0 fully saturated rings. The molecule has 3 heteroatoms. The standard InChI is InChI=1S/C15H34N2O/c1-2-3-4-5-6-7-8-9-10-11-12-13-14-18-15(16)17/h15H,2-14,16-17H2,1H3. The molecule has 0 spiro atoms. The van der Waals surface area contributed by atoms with Crippen molar-refractivity contribution in [2.75, 3.05) is 6.61 Å². The van der Waals surface area contributed by atoms with Crippen LogP contribution in [0.1, 0.15) is 84.0 Å². The van der Waals surface area contributed by atoms with Gasteiger partial charge in [0.05, 0.1) is 6.61 Å². The Balaban J connectivity index is 2.90. The third-order valence-corrected chi connectivity index (χ3v) is 3.31. The van der Waals surface area contributed by atoms with Gasteiger partial charge in [-0.1, -0.05) is 77.6 Å². The normalized spacial score (nSPS) is 11.3. The molecule has 4 N–H and O–H groups in total. The lowest BCUT2D eigenvalue weighted by Crippen LogP contribution is -2.33. The van der Waals surface area contributed by atoms with Gasteiger partial charge in [0.15, 0.2) is 6.35 Å². The molecule has 0 aromatic heterocycles. The molecule has 0 rings (SSSR count). The number of hydrogen-bond donors (Lipinski definition) is 2. The monoisotopic (exact) mass is 258 g/mol. The first-order chi connectivity index (χ1) is 8.77. The number of ether oxygens (including phenoxy) is 1. The molecule has 0 aromatic rings. The molecule has 0 unspecified atom stereocenters. The summed E-state index contributed by atoms with van der Waals surface area (Å²) in [7, 11) is 0. The zero-order chi connectivity index (χ0) is 13.5. The van der Waals surface area contributed by atoms with Gasteiger partial charge in [0.1, 0.15) is 0 Å². The van der Waals surface area contributed by atoms with Crippen LogP contribution < -0.4 is 11.5 Å². The summed E-state index contributed by atoms with van der Waals surface area (Å²) in [6, 6.07) is 0. The molecule has 3 nitrogen and oxygen atoms in total. The van der Waals surface area contributed by atoms with Crippen LogP contribution in [0.4, 0.5) is 0 Å². The van der Waals surface area contributed by atoms with E-state index in [2.05, 4.69) is 6.92 Å². The summed E-state index contributed by atoms with van der Waals surface area (Å²) >= 11 is 0. The second kappa shape index (κ2) is 14.9. The molecule has 0 atom stereocenters. The lowest BCUT2D eigenvalue weighted by atomic mass is 10.1. The zero-order valence-electron chi connectivity index (χ0n) is 12.3. The summed E-state index contributed by atoms with van der Waals surface area (Å²) in [5.74, 6) is 0. The lowest BCUT2D eigenvalue weighted by molar-refractivity contribution is 0.0595. The molecule has 0 heterocycles. The van der Waals surface area contributed by atoms with Crippen molar-refractivity contribution < 1.29 is 4.74 Å². The van der Waals surface area contributed by atoms with E-state index in [-0.39, 0.29) is 0 Å². The Hall–Kier alpha value is -0.120. The lowest BCUT2D eigenvalue weighted by Gasteiger charge is -2.06. The molecule has 0 aliphatic heterocycles. The van der Waals surface area contributed by atoms with Gasteiger partial charge in [0.2, 0.25) is 0 Å². The summed E-state index contributed by atoms with van der Waals surface area (Å²) in [6.45, 7) is 2.97. The van der Waals surface area contributed by atoms with Gasteiger partial charge in [-0.3, -0.25) is 11.5 Å². The average molecular weight is 258 g/mol. The molecular weight excluding hydrogens is 224 g/mol. The van der Waals surface area contributed by atoms with Gasteiger partial charge in [0, 0.05) is 0 Å². The van der Waals surface area contributed by atoms with Crippen molar-refractivity contribution in [3.8, 4) is 0 Å². The predicted molar refractivity (Wildman–Crippen MR) is 79.2 cm³/mol. The summed E-state index contributed by atoms with van der Waals surface area (Å²) in [6.07, 6.45) is 15.7. The zero-order valence-corrected chi connectivity index (χ0v) is 12.3. The third-order valence-electron chi connectivity index (χ3n) is 3.31. The van der Waals surface area contributed by atoms with Gasteiger partial charge in [-0.05, 0) is 6.42 Å². The van der Waals surface area contributed by atoms with Crippen molar-refractivity contribution in [1.82, 2.24) is 0 Å². The quantitative estimate of drug-likeness (QED) is 0.367. The molecule has 0 saturated carbocycles. The van der Waals surface area contributed by atoms with Gasteiger partial charge >= 0.3 is 0 Å². The van der Waals surface area contributed by atoms with E-state index in [1.165, 1.54) is 70.6 Å². The Kier molecular flexibility index (Phi) is 14.8. The molecule has 0 bridgehead atoms. The van der Waals surface area contributed by atoms with Crippen molar-refractivity contribution in [3.05, 3.63) is 0 Å². The van der Waals surface area contributed by atoms with Crippen LogP contribution in [-0.2, 0) is 4.74 Å². The Morgan fingerprint density at radius 1 is 0.667 bits per heavy atom. The second-order valence-corrected chi connectivity index (χ2v) is 5.22. The van der Waals surface area contributed by atoms with Gasteiger partial charge < -0.3 is 4.74 Å². The van der Waals surface area contributed by atoms with E-state index in [1.54, 1.807) is 0 Å². The number of nitrogens with two attached hydrogens (primary N) is 2. The van der Waals surface area contributed by atoms with Gasteiger partial charge in [-0.2, -0.15) is 0 Å². The Bertz CT molecular complexity index is 151. The summed E-state index contributed by atoms with van der Waals surface area (Å²) in [5, 5.41) is 0. The molecule has 0 aromatic carbocycles. The Morgan fingerprint density at radius 2 is 1.06 bits per heavy atom. The molecule has 0 aliphatic carbocycles. The van der Waals surface area contributed by atoms with Crippen molar-refractivity contribution >= 4 is 0 Å². The fourth-order valence-corrected chi connectivity index (χ4v) is 2.16. The second-order valence-electron chi connectivity index (χ2n) is 5.22. The highest BCUT2D eigenvalue weighted by molar-refractivity contribution is 4.48.